The van der Waals surface area contributed by atoms with Crippen molar-refractivity contribution in [1.82, 2.24) is 29.7 Å². The second kappa shape index (κ2) is 18.7. The number of aromatic nitrogens is 4. The lowest BCUT2D eigenvalue weighted by molar-refractivity contribution is -0.190. The number of aliphatic hydroxyl groups excluding tert-OH is 2. The number of amides is 3. The highest BCUT2D eigenvalue weighted by molar-refractivity contribution is 5.89. The monoisotopic (exact) mass is 863 g/mol. The fraction of sp³-hybridized carbons (Fsp3) is 0.326. The third kappa shape index (κ3) is 9.69. The highest BCUT2D eigenvalue weighted by Gasteiger charge is 2.51. The predicted molar refractivity (Wildman–Crippen MR) is 232 cm³/mol. The van der Waals surface area contributed by atoms with Gasteiger partial charge in [-0.3, -0.25) is 4.79 Å². The number of hydrogen-bond acceptors (Lipinski definition) is 10. The van der Waals surface area contributed by atoms with Crippen molar-refractivity contribution in [1.29, 1.82) is 0 Å². The Morgan fingerprint density at radius 3 is 2.14 bits per heavy atom. The summed E-state index contributed by atoms with van der Waals surface area (Å²) in [6.07, 6.45) is -6.35. The second-order valence-electron chi connectivity index (χ2n) is 15.8. The van der Waals surface area contributed by atoms with Gasteiger partial charge in [-0.15, -0.1) is 0 Å². The van der Waals surface area contributed by atoms with Crippen molar-refractivity contribution in [2.24, 2.45) is 0 Å². The lowest BCUT2D eigenvalue weighted by Crippen LogP contribution is -2.51. The van der Waals surface area contributed by atoms with Crippen LogP contribution in [0.2, 0.25) is 0 Å². The molecule has 1 aliphatic carbocycles. The first-order valence-corrected chi connectivity index (χ1v) is 20.9. The number of nitrogens with zero attached hydrogens (tertiary/aromatic N) is 6. The minimum Gasteiger partial charge on any atom is -0.457 e. The van der Waals surface area contributed by atoms with Crippen LogP contribution in [0.3, 0.4) is 0 Å². The fourth-order valence-corrected chi connectivity index (χ4v) is 8.45. The topological polar surface area (TPSA) is 170 Å². The molecule has 1 saturated heterocycles. The van der Waals surface area contributed by atoms with Crippen LogP contribution in [0.15, 0.2) is 122 Å². The van der Waals surface area contributed by atoms with Crippen molar-refractivity contribution in [2.75, 3.05) is 41.7 Å². The van der Waals surface area contributed by atoms with E-state index in [1.807, 2.05) is 95.9 Å². The van der Waals surface area contributed by atoms with Crippen LogP contribution in [0, 0.1) is 0 Å². The van der Waals surface area contributed by atoms with Crippen molar-refractivity contribution < 1.29 is 37.7 Å². The van der Waals surface area contributed by atoms with Gasteiger partial charge >= 0.3 is 18.1 Å². The molecule has 1 saturated carbocycles. The van der Waals surface area contributed by atoms with Gasteiger partial charge in [-0.25, -0.2) is 9.78 Å². The summed E-state index contributed by atoms with van der Waals surface area (Å²) in [7, 11) is 0. The predicted octanol–water partition coefficient (Wildman–Crippen LogP) is 7.10. The number of nitrogens with one attached hydrogen (secondary N) is 3. The third-order valence-electron chi connectivity index (χ3n) is 11.5. The van der Waals surface area contributed by atoms with Crippen molar-refractivity contribution in [3.05, 3.63) is 133 Å². The Labute approximate surface area is 361 Å². The molecule has 2 aromatic heterocycles. The minimum absolute atomic E-state index is 0.0994. The van der Waals surface area contributed by atoms with Gasteiger partial charge in [0.2, 0.25) is 5.95 Å². The number of fused-ring (bicyclic) bond motifs is 1. The first-order valence-electron chi connectivity index (χ1n) is 20.9. The molecule has 328 valence electrons. The number of halogens is 3. The van der Waals surface area contributed by atoms with Crippen LogP contribution in [0.4, 0.5) is 35.4 Å². The summed E-state index contributed by atoms with van der Waals surface area (Å²) in [4.78, 5) is 42.7. The van der Waals surface area contributed by atoms with Crippen LogP contribution in [0.1, 0.15) is 49.3 Å². The maximum atomic E-state index is 13.7. The molecule has 5 atom stereocenters. The van der Waals surface area contributed by atoms with E-state index in [4.69, 9.17) is 14.7 Å². The number of carbonyl (C=O) groups excluding carboxylic acids is 2. The summed E-state index contributed by atoms with van der Waals surface area (Å²) in [5.74, 6) is -0.181. The number of anilines is 3. The van der Waals surface area contributed by atoms with Gasteiger partial charge < -0.3 is 45.3 Å². The van der Waals surface area contributed by atoms with E-state index in [-0.39, 0.29) is 37.0 Å². The Bertz CT molecular complexity index is 2440. The lowest BCUT2D eigenvalue weighted by Gasteiger charge is -2.31. The molecule has 2 aliphatic rings. The van der Waals surface area contributed by atoms with Crippen molar-refractivity contribution in [2.45, 2.75) is 68.6 Å². The van der Waals surface area contributed by atoms with E-state index in [0.717, 1.165) is 11.1 Å². The lowest BCUT2D eigenvalue weighted by atomic mass is 9.91. The standard InChI is InChI=1S/C46H48F3N9O5/c1-2-23-57(43(61)46(47,48)49)36-25-37(40(60)39(36)59)58-28-51-38-41(50-26-35(29-12-6-3-7-13-29)30-14-8-4-9-15-30)54-44(55-42(38)58)56-24-22-32(27-56)53-45(62)52-31-18-20-34(21-19-31)63-33-16-10-5-11-17-33/h3-21,28,32,35-37,39-40,59-60H,2,22-27H2,1H3,(H,50,54,55)(H2,52,53,62)/t32-,36+,37-,39-,40+/m1/s1. The number of alkyl halides is 3. The number of para-hydroxylation sites is 1. The van der Waals surface area contributed by atoms with Gasteiger partial charge in [0.05, 0.1) is 18.4 Å². The fourth-order valence-electron chi connectivity index (χ4n) is 8.45. The molecule has 0 unspecified atom stereocenters. The molecule has 5 N–H and O–H groups in total. The molecule has 0 bridgehead atoms. The third-order valence-corrected chi connectivity index (χ3v) is 11.5. The number of rotatable bonds is 14. The van der Waals surface area contributed by atoms with E-state index in [0.29, 0.717) is 65.4 Å². The van der Waals surface area contributed by atoms with Crippen molar-refractivity contribution in [3.63, 3.8) is 0 Å². The molecule has 1 aliphatic heterocycles. The quantitative estimate of drug-likeness (QED) is 0.0762. The smallest absolute Gasteiger partial charge is 0.457 e. The summed E-state index contributed by atoms with van der Waals surface area (Å²) in [6, 6.07) is 33.4. The highest BCUT2D eigenvalue weighted by atomic mass is 19.4. The number of urea groups is 1. The zero-order chi connectivity index (χ0) is 44.1. The van der Waals surface area contributed by atoms with Gasteiger partial charge in [-0.1, -0.05) is 85.8 Å². The van der Waals surface area contributed by atoms with E-state index in [1.54, 1.807) is 35.8 Å². The average Bonchev–Trinajstić information content (AvgIpc) is 4.01. The van der Waals surface area contributed by atoms with E-state index >= 15 is 0 Å². The average molecular weight is 864 g/mol. The Balaban J connectivity index is 1.05. The summed E-state index contributed by atoms with van der Waals surface area (Å²) in [6.45, 7) is 2.60. The molecule has 0 radical (unpaired) electrons. The normalized spacial score (nSPS) is 19.9. The van der Waals surface area contributed by atoms with E-state index < -0.39 is 42.4 Å². The zero-order valence-electron chi connectivity index (χ0n) is 34.4. The van der Waals surface area contributed by atoms with Crippen molar-refractivity contribution in [3.8, 4) is 11.5 Å². The zero-order valence-corrected chi connectivity index (χ0v) is 34.4. The number of benzene rings is 4. The largest absolute Gasteiger partial charge is 0.471 e. The van der Waals surface area contributed by atoms with Gasteiger partial charge in [0.15, 0.2) is 17.0 Å². The first-order chi connectivity index (χ1) is 30.5. The van der Waals surface area contributed by atoms with Crippen LogP contribution in [0.5, 0.6) is 11.5 Å². The van der Waals surface area contributed by atoms with Crippen LogP contribution in [-0.4, -0.2) is 103 Å². The highest BCUT2D eigenvalue weighted by Crippen LogP contribution is 2.39. The molecule has 8 rings (SSSR count). The van der Waals surface area contributed by atoms with Gasteiger partial charge in [0, 0.05) is 43.8 Å². The Hall–Kier alpha value is -6.72. The molecule has 2 fully saturated rings. The molecule has 63 heavy (non-hydrogen) atoms. The number of carbonyl (C=O) groups is 2. The van der Waals surface area contributed by atoms with E-state index in [9.17, 15) is 33.0 Å². The molecule has 3 amide bonds. The van der Waals surface area contributed by atoms with Gasteiger partial charge in [0.1, 0.15) is 23.7 Å². The van der Waals surface area contributed by atoms with Gasteiger partial charge in [-0.2, -0.15) is 23.1 Å². The van der Waals surface area contributed by atoms with Crippen LogP contribution >= 0.6 is 0 Å². The Morgan fingerprint density at radius 1 is 0.873 bits per heavy atom. The Kier molecular flexibility index (Phi) is 12.8. The number of imidazole rings is 1. The number of ether oxygens (including phenoxy) is 1. The minimum atomic E-state index is -5.16. The second-order valence-corrected chi connectivity index (χ2v) is 15.8. The molecule has 3 heterocycles. The molecule has 6 aromatic rings. The maximum absolute atomic E-state index is 13.7. The van der Waals surface area contributed by atoms with E-state index in [2.05, 4.69) is 20.9 Å². The van der Waals surface area contributed by atoms with Gasteiger partial charge in [0.25, 0.3) is 0 Å². The number of aliphatic hydroxyl groups is 2. The summed E-state index contributed by atoms with van der Waals surface area (Å²) in [5.41, 5.74) is 3.32. The van der Waals surface area contributed by atoms with Crippen LogP contribution in [0.25, 0.3) is 11.2 Å². The van der Waals surface area contributed by atoms with Gasteiger partial charge in [-0.05, 0) is 66.8 Å². The summed E-state index contributed by atoms with van der Waals surface area (Å²) < 4.78 is 48.6. The number of hydrogen-bond donors (Lipinski definition) is 5. The summed E-state index contributed by atoms with van der Waals surface area (Å²) >= 11 is 0. The van der Waals surface area contributed by atoms with Crippen LogP contribution < -0.4 is 25.6 Å². The summed E-state index contributed by atoms with van der Waals surface area (Å²) in [5, 5.41) is 32.0. The molecular formula is C46H48F3N9O5. The molecule has 14 nitrogen and oxygen atoms in total. The Morgan fingerprint density at radius 2 is 1.51 bits per heavy atom. The molecular weight excluding hydrogens is 816 g/mol. The molecule has 0 spiro atoms. The van der Waals surface area contributed by atoms with E-state index in [1.165, 1.54) is 6.33 Å². The maximum Gasteiger partial charge on any atom is 0.471 e. The van der Waals surface area contributed by atoms with Crippen molar-refractivity contribution >= 4 is 40.6 Å². The molecule has 17 heteroatoms. The molecule has 4 aromatic carbocycles. The SMILES string of the molecule is CCCN(C(=O)C(F)(F)F)[C@H]1C[C@@H](n2cnc3c(NCC(c4ccccc4)c4ccccc4)nc(N4CC[C@@H](NC(=O)Nc5ccc(Oc6ccccc6)cc5)C4)nc32)[C@H](O)[C@@H]1O. The first kappa shape index (κ1) is 42.9. The van der Waals surface area contributed by atoms with Crippen LogP contribution in [-0.2, 0) is 4.79 Å².